The Bertz CT molecular complexity index is 3380. The summed E-state index contributed by atoms with van der Waals surface area (Å²) in [6, 6.07) is 82.4. The molecule has 1 aliphatic carbocycles. The maximum absolute atomic E-state index is 2.37. The Morgan fingerprint density at radius 2 is 0.644 bits per heavy atom. The lowest BCUT2D eigenvalue weighted by atomic mass is 9.94. The normalized spacial score (nSPS) is 11.7. The first-order valence-electron chi connectivity index (χ1n) is 20.4. The fraction of sp³-hybridized carbons (Fsp3) is 0. The Balaban J connectivity index is 0.936. The molecule has 0 saturated carbocycles. The summed E-state index contributed by atoms with van der Waals surface area (Å²) in [5.41, 5.74) is 15.9. The molecule has 1 heteroatoms. The van der Waals surface area contributed by atoms with Crippen LogP contribution in [-0.4, -0.2) is 0 Å². The zero-order valence-corrected chi connectivity index (χ0v) is 32.3. The van der Waals surface area contributed by atoms with Crippen molar-refractivity contribution in [3.05, 3.63) is 224 Å². The van der Waals surface area contributed by atoms with Crippen LogP contribution < -0.4 is 4.90 Å². The van der Waals surface area contributed by atoms with Gasteiger partial charge in [0.25, 0.3) is 0 Å². The average molecular weight is 748 g/mol. The second-order valence-electron chi connectivity index (χ2n) is 15.7. The molecule has 59 heavy (non-hydrogen) atoms. The van der Waals surface area contributed by atoms with Gasteiger partial charge in [0.1, 0.15) is 0 Å². The van der Waals surface area contributed by atoms with Crippen LogP contribution in [0.2, 0.25) is 0 Å². The van der Waals surface area contributed by atoms with Gasteiger partial charge >= 0.3 is 0 Å². The van der Waals surface area contributed by atoms with Crippen LogP contribution in [0, 0.1) is 0 Å². The molecule has 0 atom stereocenters. The van der Waals surface area contributed by atoms with Crippen molar-refractivity contribution >= 4 is 60.2 Å². The topological polar surface area (TPSA) is 3.24 Å². The van der Waals surface area contributed by atoms with E-state index in [9.17, 15) is 0 Å². The first-order chi connectivity index (χ1) is 29.2. The highest BCUT2D eigenvalue weighted by atomic mass is 15.1. The summed E-state index contributed by atoms with van der Waals surface area (Å²) in [6.45, 7) is 0. The van der Waals surface area contributed by atoms with Crippen LogP contribution in [0.4, 0.5) is 17.1 Å². The largest absolute Gasteiger partial charge is 0.311 e. The summed E-state index contributed by atoms with van der Waals surface area (Å²) in [5.74, 6) is 0. The maximum atomic E-state index is 2.37. The summed E-state index contributed by atoms with van der Waals surface area (Å²) >= 11 is 0. The molecule has 0 heterocycles. The van der Waals surface area contributed by atoms with Gasteiger partial charge in [-0.05, 0) is 141 Å². The van der Waals surface area contributed by atoms with Crippen LogP contribution in [0.3, 0.4) is 0 Å². The highest BCUT2D eigenvalue weighted by Crippen LogP contribution is 2.49. The molecular formula is C58H37N. The molecule has 0 radical (unpaired) electrons. The lowest BCUT2D eigenvalue weighted by Crippen LogP contribution is -2.09. The summed E-state index contributed by atoms with van der Waals surface area (Å²) in [4.78, 5) is 2.37. The van der Waals surface area contributed by atoms with Gasteiger partial charge in [0.15, 0.2) is 0 Å². The number of rotatable bonds is 6. The molecule has 0 aliphatic heterocycles. The van der Waals surface area contributed by atoms with E-state index in [1.165, 1.54) is 98.7 Å². The Kier molecular flexibility index (Phi) is 7.61. The molecular weight excluding hydrogens is 711 g/mol. The van der Waals surface area contributed by atoms with Crippen molar-refractivity contribution in [2.75, 3.05) is 4.90 Å². The third-order valence-corrected chi connectivity index (χ3v) is 12.4. The van der Waals surface area contributed by atoms with E-state index in [1.807, 2.05) is 0 Å². The first-order valence-corrected chi connectivity index (χ1v) is 20.4. The van der Waals surface area contributed by atoms with E-state index >= 15 is 0 Å². The van der Waals surface area contributed by atoms with Gasteiger partial charge in [-0.25, -0.2) is 0 Å². The van der Waals surface area contributed by atoms with Crippen molar-refractivity contribution in [1.29, 1.82) is 0 Å². The molecule has 0 unspecified atom stereocenters. The van der Waals surface area contributed by atoms with Crippen LogP contribution in [0.25, 0.3) is 98.7 Å². The number of hydrogen-bond donors (Lipinski definition) is 0. The minimum Gasteiger partial charge on any atom is -0.311 e. The number of hydrogen-bond acceptors (Lipinski definition) is 1. The average Bonchev–Trinajstić information content (AvgIpc) is 3.64. The van der Waals surface area contributed by atoms with Crippen molar-refractivity contribution in [3.8, 4) is 55.6 Å². The molecule has 0 fully saturated rings. The lowest BCUT2D eigenvalue weighted by molar-refractivity contribution is 1.28. The van der Waals surface area contributed by atoms with E-state index in [-0.39, 0.29) is 0 Å². The SMILES string of the molecule is c1ccc2c(c1)-c1cccc3c(-c4ccc(N(c5ccc(-c6ccc7c(ccc8ccccc87)c6)cc5)c5ccc(-c6cccc7ccccc67)cc5)cc4)ccc-2c13. The molecule has 0 N–H and O–H groups in total. The Hall–Kier alpha value is -7.74. The Labute approximate surface area is 343 Å². The Morgan fingerprint density at radius 1 is 0.220 bits per heavy atom. The Morgan fingerprint density at radius 3 is 1.34 bits per heavy atom. The third-order valence-electron chi connectivity index (χ3n) is 12.4. The molecule has 0 spiro atoms. The summed E-state index contributed by atoms with van der Waals surface area (Å²) in [6.07, 6.45) is 0. The van der Waals surface area contributed by atoms with Gasteiger partial charge in [0.2, 0.25) is 0 Å². The van der Waals surface area contributed by atoms with Gasteiger partial charge in [-0.3, -0.25) is 0 Å². The van der Waals surface area contributed by atoms with Crippen LogP contribution >= 0.6 is 0 Å². The number of benzene rings is 11. The minimum atomic E-state index is 1.11. The molecule has 1 nitrogen and oxygen atoms in total. The van der Waals surface area contributed by atoms with Crippen molar-refractivity contribution in [2.24, 2.45) is 0 Å². The number of anilines is 3. The van der Waals surface area contributed by atoms with E-state index < -0.39 is 0 Å². The van der Waals surface area contributed by atoms with E-state index in [4.69, 9.17) is 0 Å². The quantitative estimate of drug-likeness (QED) is 0.153. The smallest absolute Gasteiger partial charge is 0.0462 e. The molecule has 274 valence electrons. The molecule has 1 aliphatic rings. The second-order valence-corrected chi connectivity index (χ2v) is 15.7. The monoisotopic (exact) mass is 747 g/mol. The van der Waals surface area contributed by atoms with E-state index in [0.717, 1.165) is 17.1 Å². The maximum Gasteiger partial charge on any atom is 0.0462 e. The van der Waals surface area contributed by atoms with Crippen LogP contribution in [0.1, 0.15) is 0 Å². The van der Waals surface area contributed by atoms with Crippen molar-refractivity contribution < 1.29 is 0 Å². The van der Waals surface area contributed by atoms with Gasteiger partial charge in [-0.2, -0.15) is 0 Å². The van der Waals surface area contributed by atoms with Gasteiger partial charge in [0.05, 0.1) is 0 Å². The van der Waals surface area contributed by atoms with Crippen LogP contribution in [-0.2, 0) is 0 Å². The van der Waals surface area contributed by atoms with E-state index in [2.05, 4.69) is 229 Å². The summed E-state index contributed by atoms with van der Waals surface area (Å²) in [5, 5.41) is 10.3. The standard InChI is InChI=1S/C58H37N/c1-3-12-48-39(9-1)11-7-16-50(48)41-23-30-46(31-24-41)59(45-28-21-38(22-29-45)43-27-34-52-44(37-43)20-19-40-10-2-4-13-49(40)52)47-32-25-42(26-33-47)51-35-36-57-54-15-6-5-14-53(54)56-18-8-17-55(51)58(56)57/h1-37H. The van der Waals surface area contributed by atoms with E-state index in [0.29, 0.717) is 0 Å². The fourth-order valence-electron chi connectivity index (χ4n) is 9.56. The highest BCUT2D eigenvalue weighted by molar-refractivity contribution is 6.18. The fourth-order valence-corrected chi connectivity index (χ4v) is 9.56. The summed E-state index contributed by atoms with van der Waals surface area (Å²) < 4.78 is 0. The molecule has 0 saturated heterocycles. The van der Waals surface area contributed by atoms with Gasteiger partial charge in [0, 0.05) is 17.1 Å². The lowest BCUT2D eigenvalue weighted by Gasteiger charge is -2.26. The minimum absolute atomic E-state index is 1.11. The zero-order chi connectivity index (χ0) is 38.9. The predicted molar refractivity (Wildman–Crippen MR) is 252 cm³/mol. The van der Waals surface area contributed by atoms with Crippen LogP contribution in [0.15, 0.2) is 224 Å². The summed E-state index contributed by atoms with van der Waals surface area (Å²) in [7, 11) is 0. The van der Waals surface area contributed by atoms with Crippen molar-refractivity contribution in [3.63, 3.8) is 0 Å². The number of nitrogens with zero attached hydrogens (tertiary/aromatic N) is 1. The predicted octanol–water partition coefficient (Wildman–Crippen LogP) is 16.4. The van der Waals surface area contributed by atoms with Crippen molar-refractivity contribution in [1.82, 2.24) is 0 Å². The highest BCUT2D eigenvalue weighted by Gasteiger charge is 2.22. The molecule has 0 aromatic heterocycles. The molecule has 0 bridgehead atoms. The molecule has 0 amide bonds. The molecule has 11 aromatic rings. The second kappa shape index (κ2) is 13.4. The molecule has 12 rings (SSSR count). The van der Waals surface area contributed by atoms with Crippen molar-refractivity contribution in [2.45, 2.75) is 0 Å². The van der Waals surface area contributed by atoms with Gasteiger partial charge in [-0.1, -0.05) is 182 Å². The first kappa shape index (κ1) is 33.4. The zero-order valence-electron chi connectivity index (χ0n) is 32.3. The third kappa shape index (κ3) is 5.47. The number of fused-ring (bicyclic) bond motifs is 7. The van der Waals surface area contributed by atoms with Gasteiger partial charge in [-0.15, -0.1) is 0 Å². The van der Waals surface area contributed by atoms with Crippen LogP contribution in [0.5, 0.6) is 0 Å². The van der Waals surface area contributed by atoms with E-state index in [1.54, 1.807) is 0 Å². The van der Waals surface area contributed by atoms with Gasteiger partial charge < -0.3 is 4.90 Å². The molecule has 11 aromatic carbocycles.